The van der Waals surface area contributed by atoms with E-state index in [-0.39, 0.29) is 18.5 Å². The van der Waals surface area contributed by atoms with E-state index in [2.05, 4.69) is 31.3 Å². The molecule has 0 saturated carbocycles. The van der Waals surface area contributed by atoms with Crippen molar-refractivity contribution in [2.24, 2.45) is 0 Å². The molecule has 6 nitrogen and oxygen atoms in total. The Balaban J connectivity index is 3.36. The molecule has 486 valence electrons. The van der Waals surface area contributed by atoms with Gasteiger partial charge in [-0.15, -0.1) is 0 Å². The van der Waals surface area contributed by atoms with Crippen molar-refractivity contribution >= 4 is 11.9 Å². The van der Waals surface area contributed by atoms with E-state index in [1.54, 1.807) is 6.08 Å². The van der Waals surface area contributed by atoms with Crippen LogP contribution in [-0.2, 0) is 14.3 Å². The molecule has 0 saturated heterocycles. The Morgan fingerprint density at radius 2 is 0.573 bits per heavy atom. The first-order valence-corrected chi connectivity index (χ1v) is 37.6. The van der Waals surface area contributed by atoms with Gasteiger partial charge in [-0.1, -0.05) is 378 Å². The normalized spacial score (nSPS) is 12.6. The summed E-state index contributed by atoms with van der Waals surface area (Å²) in [5.74, 6) is -0.0396. The second kappa shape index (κ2) is 71.8. The van der Waals surface area contributed by atoms with Gasteiger partial charge < -0.3 is 20.3 Å². The molecule has 0 radical (unpaired) electrons. The highest BCUT2D eigenvalue weighted by atomic mass is 16.5. The zero-order chi connectivity index (χ0) is 59.2. The molecule has 0 aromatic carbocycles. The number of rotatable bonds is 71. The third-order valence-corrected chi connectivity index (χ3v) is 17.7. The van der Waals surface area contributed by atoms with Crippen molar-refractivity contribution in [3.8, 4) is 0 Å². The van der Waals surface area contributed by atoms with Crippen molar-refractivity contribution in [3.05, 3.63) is 24.3 Å². The Morgan fingerprint density at radius 1 is 0.329 bits per heavy atom. The molecule has 0 aliphatic carbocycles. The number of carbonyl (C=O) groups is 2. The van der Waals surface area contributed by atoms with Gasteiger partial charge in [0.05, 0.1) is 25.4 Å². The molecule has 2 atom stereocenters. The van der Waals surface area contributed by atoms with Gasteiger partial charge in [-0.2, -0.15) is 0 Å². The van der Waals surface area contributed by atoms with Gasteiger partial charge in [0.2, 0.25) is 5.91 Å². The summed E-state index contributed by atoms with van der Waals surface area (Å²) in [6, 6.07) is -0.626. The van der Waals surface area contributed by atoms with Crippen molar-refractivity contribution in [2.45, 2.75) is 437 Å². The van der Waals surface area contributed by atoms with Crippen LogP contribution in [0.2, 0.25) is 0 Å². The molecular weight excluding hydrogens is 1010 g/mol. The van der Waals surface area contributed by atoms with Crippen LogP contribution in [0.15, 0.2) is 24.3 Å². The largest absolute Gasteiger partial charge is 0.466 e. The standard InChI is InChI=1S/C76H147NO5/c1-3-5-7-9-11-13-15-17-19-37-40-44-48-52-56-60-64-68-74(79)73(72-78)77-75(80)69-65-61-57-53-49-45-41-38-35-33-31-29-27-25-23-21-22-24-26-28-30-32-34-36-39-43-47-51-55-59-63-67-71-82-76(81)70-66-62-58-54-50-46-42-20-18-16-14-12-10-8-6-4-2/h24,26,64,68,73-74,78-79H,3-23,25,27-63,65-67,69-72H2,1-2H3,(H,77,80)/b26-24-,68-64+. The fourth-order valence-electron chi connectivity index (χ4n) is 12.0. The summed E-state index contributed by atoms with van der Waals surface area (Å²) in [7, 11) is 0. The Labute approximate surface area is 513 Å². The minimum Gasteiger partial charge on any atom is -0.466 e. The van der Waals surface area contributed by atoms with Crippen LogP contribution in [-0.4, -0.2) is 47.4 Å². The predicted molar refractivity (Wildman–Crippen MR) is 361 cm³/mol. The molecule has 0 rings (SSSR count). The Morgan fingerprint density at radius 3 is 0.866 bits per heavy atom. The third kappa shape index (κ3) is 67.5. The zero-order valence-electron chi connectivity index (χ0n) is 55.8. The van der Waals surface area contributed by atoms with Gasteiger partial charge in [-0.25, -0.2) is 0 Å². The van der Waals surface area contributed by atoms with Crippen LogP contribution < -0.4 is 5.32 Å². The number of hydrogen-bond donors (Lipinski definition) is 3. The SMILES string of the molecule is CCCCCCCCCCCCCCCCC/C=C/C(O)C(CO)NC(=O)CCCCCCCCCCCCCCCCCC/C=C\CCCCCCCCCCCCCCOC(=O)CCCCCCCCCCCCCCCCCC. The highest BCUT2D eigenvalue weighted by Crippen LogP contribution is 2.19. The van der Waals surface area contributed by atoms with Gasteiger partial charge in [-0.05, 0) is 57.8 Å². The lowest BCUT2D eigenvalue weighted by Crippen LogP contribution is -2.45. The Hall–Kier alpha value is -1.66. The summed E-state index contributed by atoms with van der Waals surface area (Å²) >= 11 is 0. The summed E-state index contributed by atoms with van der Waals surface area (Å²) in [4.78, 5) is 24.6. The van der Waals surface area contributed by atoms with E-state index < -0.39 is 12.1 Å². The number of nitrogens with one attached hydrogen (secondary N) is 1. The number of carbonyl (C=O) groups excluding carboxylic acids is 2. The van der Waals surface area contributed by atoms with Crippen LogP contribution in [0.3, 0.4) is 0 Å². The summed E-state index contributed by atoms with van der Waals surface area (Å²) in [6.45, 7) is 4.95. The number of hydrogen-bond acceptors (Lipinski definition) is 5. The second-order valence-electron chi connectivity index (χ2n) is 26.0. The topological polar surface area (TPSA) is 95.9 Å². The second-order valence-corrected chi connectivity index (χ2v) is 26.0. The van der Waals surface area contributed by atoms with Gasteiger partial charge in [0.1, 0.15) is 0 Å². The highest BCUT2D eigenvalue weighted by Gasteiger charge is 2.18. The fraction of sp³-hybridized carbons (Fsp3) is 0.921. The van der Waals surface area contributed by atoms with Gasteiger partial charge >= 0.3 is 5.97 Å². The van der Waals surface area contributed by atoms with E-state index in [4.69, 9.17) is 4.74 Å². The lowest BCUT2D eigenvalue weighted by molar-refractivity contribution is -0.143. The maximum absolute atomic E-state index is 12.5. The first-order valence-electron chi connectivity index (χ1n) is 37.6. The lowest BCUT2D eigenvalue weighted by Gasteiger charge is -2.20. The fourth-order valence-corrected chi connectivity index (χ4v) is 12.0. The van der Waals surface area contributed by atoms with E-state index in [1.165, 1.54) is 360 Å². The first-order chi connectivity index (χ1) is 40.5. The number of allylic oxidation sites excluding steroid dienone is 3. The molecular formula is C76H147NO5. The van der Waals surface area contributed by atoms with Crippen molar-refractivity contribution < 1.29 is 24.5 Å². The van der Waals surface area contributed by atoms with E-state index in [9.17, 15) is 19.8 Å². The van der Waals surface area contributed by atoms with E-state index in [0.717, 1.165) is 38.5 Å². The molecule has 82 heavy (non-hydrogen) atoms. The molecule has 0 aromatic rings. The van der Waals surface area contributed by atoms with Crippen molar-refractivity contribution in [2.75, 3.05) is 13.2 Å². The molecule has 2 unspecified atom stereocenters. The number of amides is 1. The molecule has 0 fully saturated rings. The molecule has 6 heteroatoms. The van der Waals surface area contributed by atoms with Crippen LogP contribution in [0.25, 0.3) is 0 Å². The monoisotopic (exact) mass is 1150 g/mol. The molecule has 0 aromatic heterocycles. The van der Waals surface area contributed by atoms with Crippen LogP contribution in [0, 0.1) is 0 Å². The first kappa shape index (κ1) is 80.3. The van der Waals surface area contributed by atoms with Crippen molar-refractivity contribution in [1.29, 1.82) is 0 Å². The number of esters is 1. The van der Waals surface area contributed by atoms with E-state index >= 15 is 0 Å². The molecule has 0 bridgehead atoms. The van der Waals surface area contributed by atoms with Gasteiger partial charge in [0.25, 0.3) is 0 Å². The third-order valence-electron chi connectivity index (χ3n) is 17.7. The molecule has 0 heterocycles. The number of unbranched alkanes of at least 4 members (excludes halogenated alkanes) is 58. The van der Waals surface area contributed by atoms with Crippen LogP contribution in [0.5, 0.6) is 0 Å². The quantitative estimate of drug-likeness (QED) is 0.0320. The average Bonchev–Trinajstić information content (AvgIpc) is 3.48. The highest BCUT2D eigenvalue weighted by molar-refractivity contribution is 5.76. The molecule has 1 amide bonds. The Kier molecular flexibility index (Phi) is 70.4. The smallest absolute Gasteiger partial charge is 0.305 e. The molecule has 0 aliphatic rings. The van der Waals surface area contributed by atoms with Gasteiger partial charge in [0, 0.05) is 12.8 Å². The van der Waals surface area contributed by atoms with Crippen LogP contribution >= 0.6 is 0 Å². The molecule has 0 spiro atoms. The number of ether oxygens (including phenoxy) is 1. The maximum Gasteiger partial charge on any atom is 0.305 e. The van der Waals surface area contributed by atoms with Crippen molar-refractivity contribution in [3.63, 3.8) is 0 Å². The minimum absolute atomic E-state index is 0.0222. The zero-order valence-corrected chi connectivity index (χ0v) is 55.8. The van der Waals surface area contributed by atoms with Gasteiger partial charge in [-0.3, -0.25) is 9.59 Å². The van der Waals surface area contributed by atoms with Crippen LogP contribution in [0.4, 0.5) is 0 Å². The lowest BCUT2D eigenvalue weighted by atomic mass is 10.0. The summed E-state index contributed by atoms with van der Waals surface area (Å²) in [5.41, 5.74) is 0. The van der Waals surface area contributed by atoms with Crippen molar-refractivity contribution in [1.82, 2.24) is 5.32 Å². The summed E-state index contributed by atoms with van der Waals surface area (Å²) in [6.07, 6.45) is 91.4. The Bertz CT molecular complexity index is 1280. The molecule has 3 N–H and O–H groups in total. The predicted octanol–water partition coefficient (Wildman–Crippen LogP) is 24.5. The number of aliphatic hydroxyl groups excluding tert-OH is 2. The summed E-state index contributed by atoms with van der Waals surface area (Å²) in [5, 5.41) is 23.2. The molecule has 0 aliphatic heterocycles. The maximum atomic E-state index is 12.5. The number of aliphatic hydroxyl groups is 2. The summed E-state index contributed by atoms with van der Waals surface area (Å²) < 4.78 is 5.51. The van der Waals surface area contributed by atoms with E-state index in [1.807, 2.05) is 6.08 Å². The van der Waals surface area contributed by atoms with Gasteiger partial charge in [0.15, 0.2) is 0 Å². The minimum atomic E-state index is -0.843. The van der Waals surface area contributed by atoms with Crippen LogP contribution in [0.1, 0.15) is 425 Å². The van der Waals surface area contributed by atoms with E-state index in [0.29, 0.717) is 19.4 Å². The average molecular weight is 1160 g/mol.